The first kappa shape index (κ1) is 33.3. The largest absolute Gasteiger partial charge is 0.493 e. The van der Waals surface area contributed by atoms with Crippen LogP contribution in [0.5, 0.6) is 17.5 Å². The number of methoxy groups -OCH3 is 1. The van der Waals surface area contributed by atoms with Crippen molar-refractivity contribution in [2.45, 2.75) is 6.54 Å². The molecule has 1 amide bonds. The Morgan fingerprint density at radius 3 is 2.43 bits per heavy atom. The van der Waals surface area contributed by atoms with Gasteiger partial charge in [0.2, 0.25) is 0 Å². The Hall–Kier alpha value is -3.59. The summed E-state index contributed by atoms with van der Waals surface area (Å²) in [6.45, 7) is 0.0844. The summed E-state index contributed by atoms with van der Waals surface area (Å²) in [6.07, 6.45) is 1.70. The zero-order valence-electron chi connectivity index (χ0n) is 24.6. The van der Waals surface area contributed by atoms with Gasteiger partial charge >= 0.3 is 11.7 Å². The normalized spacial score (nSPS) is 14.1. The van der Waals surface area contributed by atoms with Gasteiger partial charge in [0.05, 0.1) is 29.3 Å². The summed E-state index contributed by atoms with van der Waals surface area (Å²) in [6, 6.07) is 15.3. The van der Waals surface area contributed by atoms with Crippen LogP contribution in [0.3, 0.4) is 0 Å². The van der Waals surface area contributed by atoms with E-state index < -0.39 is 11.2 Å². The number of halogens is 4. The van der Waals surface area contributed by atoms with E-state index in [1.807, 2.05) is 0 Å². The van der Waals surface area contributed by atoms with Gasteiger partial charge in [-0.2, -0.15) is 4.98 Å². The van der Waals surface area contributed by atoms with Crippen molar-refractivity contribution in [1.29, 1.82) is 0 Å². The molecule has 0 unspecified atom stereocenters. The molecule has 3 heterocycles. The molecular weight excluding hydrogens is 773 g/mol. The van der Waals surface area contributed by atoms with E-state index in [0.717, 1.165) is 16.3 Å². The third-order valence-corrected chi connectivity index (χ3v) is 10.4. The third kappa shape index (κ3) is 6.23. The molecule has 2 aromatic heterocycles. The van der Waals surface area contributed by atoms with Crippen molar-refractivity contribution in [2.75, 3.05) is 12.0 Å². The molecule has 0 saturated carbocycles. The zero-order chi connectivity index (χ0) is 33.7. The molecule has 3 aromatic carbocycles. The van der Waals surface area contributed by atoms with E-state index in [1.54, 1.807) is 65.2 Å². The Bertz CT molecular complexity index is 2300. The van der Waals surface area contributed by atoms with Gasteiger partial charge in [0.25, 0.3) is 11.5 Å². The Morgan fingerprint density at radius 1 is 0.957 bits per heavy atom. The number of benzene rings is 3. The van der Waals surface area contributed by atoms with Crippen molar-refractivity contribution < 1.29 is 14.3 Å². The average molecular weight is 794 g/mol. The number of amides is 1. The maximum absolute atomic E-state index is 13.4. The van der Waals surface area contributed by atoms with Gasteiger partial charge < -0.3 is 9.47 Å². The molecule has 0 spiro atoms. The number of imidazole rings is 1. The van der Waals surface area contributed by atoms with Crippen molar-refractivity contribution in [3.63, 3.8) is 0 Å². The van der Waals surface area contributed by atoms with Crippen LogP contribution in [0.2, 0.25) is 15.1 Å². The summed E-state index contributed by atoms with van der Waals surface area (Å²) in [7, 11) is 4.38. The standard InChI is InChI=1S/C31H21BrCl3N5O5S2/c1-37-26-25(28(42)38(2)30(37)43)39(14-16-5-6-17(33)12-20(16)34)29(36-26)45-22-9-4-15(10-23(22)44-3)11-24-27(41)40(31(46)47-24)18-7-8-19(32)21(35)13-18/h4-13H,14H2,1-3H3/b24-11-. The number of fused-ring (bicyclic) bond motifs is 1. The Labute approximate surface area is 300 Å². The molecule has 1 saturated heterocycles. The lowest BCUT2D eigenvalue weighted by Gasteiger charge is -2.15. The van der Waals surface area contributed by atoms with Crippen LogP contribution in [0.1, 0.15) is 11.1 Å². The Morgan fingerprint density at radius 2 is 1.72 bits per heavy atom. The van der Waals surface area contributed by atoms with Gasteiger partial charge in [0.15, 0.2) is 27.0 Å². The van der Waals surface area contributed by atoms with E-state index >= 15 is 0 Å². The number of anilines is 1. The lowest BCUT2D eigenvalue weighted by Crippen LogP contribution is -2.37. The molecule has 0 radical (unpaired) electrons. The van der Waals surface area contributed by atoms with Crippen LogP contribution >= 0.6 is 74.7 Å². The predicted molar refractivity (Wildman–Crippen MR) is 194 cm³/mol. The third-order valence-electron chi connectivity index (χ3n) is 7.30. The summed E-state index contributed by atoms with van der Waals surface area (Å²) in [5, 5.41) is 1.28. The quantitative estimate of drug-likeness (QED) is 0.124. The number of carbonyl (C=O) groups is 1. The van der Waals surface area contributed by atoms with Gasteiger partial charge in [-0.1, -0.05) is 70.9 Å². The van der Waals surface area contributed by atoms with Crippen molar-refractivity contribution in [3.8, 4) is 17.5 Å². The van der Waals surface area contributed by atoms with Gasteiger partial charge in [-0.15, -0.1) is 0 Å². The number of hydrogen-bond acceptors (Lipinski definition) is 8. The summed E-state index contributed by atoms with van der Waals surface area (Å²) in [4.78, 5) is 45.8. The van der Waals surface area contributed by atoms with Gasteiger partial charge in [-0.25, -0.2) is 4.79 Å². The van der Waals surface area contributed by atoms with Crippen LogP contribution in [0.25, 0.3) is 17.2 Å². The van der Waals surface area contributed by atoms with Crippen molar-refractivity contribution in [2.24, 2.45) is 14.1 Å². The van der Waals surface area contributed by atoms with Gasteiger partial charge in [0, 0.05) is 28.6 Å². The lowest BCUT2D eigenvalue weighted by molar-refractivity contribution is -0.113. The molecule has 0 aliphatic carbocycles. The highest BCUT2D eigenvalue weighted by atomic mass is 79.9. The second-order valence-corrected chi connectivity index (χ2v) is 14.0. The Balaban J connectivity index is 1.38. The summed E-state index contributed by atoms with van der Waals surface area (Å²) in [5.41, 5.74) is 1.01. The van der Waals surface area contributed by atoms with E-state index in [0.29, 0.717) is 51.3 Å². The topological polar surface area (TPSA) is 101 Å². The van der Waals surface area contributed by atoms with Crippen LogP contribution in [0.4, 0.5) is 5.69 Å². The van der Waals surface area contributed by atoms with E-state index in [-0.39, 0.29) is 35.4 Å². The first-order valence-corrected chi connectivity index (χ1v) is 16.7. The summed E-state index contributed by atoms with van der Waals surface area (Å²) >= 11 is 28.9. The monoisotopic (exact) mass is 791 g/mol. The number of aryl methyl sites for hydroxylation is 1. The molecule has 6 rings (SSSR count). The van der Waals surface area contributed by atoms with Crippen molar-refractivity contribution >= 4 is 108 Å². The average Bonchev–Trinajstić information content (AvgIpc) is 3.53. The molecule has 1 fully saturated rings. The fourth-order valence-electron chi connectivity index (χ4n) is 4.89. The Kier molecular flexibility index (Phi) is 9.31. The molecule has 1 aliphatic rings. The first-order chi connectivity index (χ1) is 22.4. The van der Waals surface area contributed by atoms with Crippen LogP contribution < -0.4 is 25.6 Å². The number of aromatic nitrogens is 4. The molecule has 5 aromatic rings. The number of carbonyl (C=O) groups excluding carboxylic acids is 1. The maximum atomic E-state index is 13.4. The summed E-state index contributed by atoms with van der Waals surface area (Å²) in [5.74, 6) is 0.292. The highest BCUT2D eigenvalue weighted by Gasteiger charge is 2.33. The second kappa shape index (κ2) is 13.1. The van der Waals surface area contributed by atoms with E-state index in [4.69, 9.17) is 56.5 Å². The molecule has 47 heavy (non-hydrogen) atoms. The molecule has 0 N–H and O–H groups in total. The van der Waals surface area contributed by atoms with Crippen LogP contribution in [0.15, 0.2) is 73.6 Å². The van der Waals surface area contributed by atoms with Gasteiger partial charge in [-0.3, -0.25) is 28.2 Å². The minimum Gasteiger partial charge on any atom is -0.493 e. The van der Waals surface area contributed by atoms with Crippen LogP contribution in [0, 0.1) is 0 Å². The number of thiocarbonyl (C=S) groups is 1. The van der Waals surface area contributed by atoms with Crippen LogP contribution in [-0.2, 0) is 25.4 Å². The minimum absolute atomic E-state index is 0.0180. The smallest absolute Gasteiger partial charge is 0.332 e. The SMILES string of the molecule is COc1cc(/C=C2\SC(=S)N(c3ccc(Br)c(Cl)c3)C2=O)ccc1Oc1nc2c(c(=O)n(C)c(=O)n2C)n1Cc1ccc(Cl)cc1Cl. The minimum atomic E-state index is -0.555. The van der Waals surface area contributed by atoms with E-state index in [2.05, 4.69) is 20.9 Å². The number of hydrogen-bond donors (Lipinski definition) is 0. The highest BCUT2D eigenvalue weighted by molar-refractivity contribution is 9.10. The number of nitrogens with zero attached hydrogens (tertiary/aromatic N) is 5. The molecular formula is C31H21BrCl3N5O5S2. The van der Waals surface area contributed by atoms with E-state index in [9.17, 15) is 14.4 Å². The molecule has 0 bridgehead atoms. The molecule has 16 heteroatoms. The highest BCUT2D eigenvalue weighted by Crippen LogP contribution is 2.40. The second-order valence-electron chi connectivity index (χ2n) is 10.2. The number of rotatable bonds is 7. The van der Waals surface area contributed by atoms with Gasteiger partial charge in [0.1, 0.15) is 0 Å². The maximum Gasteiger partial charge on any atom is 0.332 e. The number of thioether (sulfide) groups is 1. The summed E-state index contributed by atoms with van der Waals surface area (Å²) < 4.78 is 16.8. The lowest BCUT2D eigenvalue weighted by atomic mass is 10.2. The molecule has 240 valence electrons. The molecule has 10 nitrogen and oxygen atoms in total. The van der Waals surface area contributed by atoms with Crippen molar-refractivity contribution in [3.05, 3.63) is 111 Å². The first-order valence-electron chi connectivity index (χ1n) is 13.6. The van der Waals surface area contributed by atoms with Gasteiger partial charge in [-0.05, 0) is 75.6 Å². The van der Waals surface area contributed by atoms with Crippen LogP contribution in [-0.4, -0.2) is 36.0 Å². The van der Waals surface area contributed by atoms with E-state index in [1.165, 1.54) is 30.7 Å². The van der Waals surface area contributed by atoms with Crippen molar-refractivity contribution in [1.82, 2.24) is 18.7 Å². The molecule has 0 atom stereocenters. The zero-order valence-corrected chi connectivity index (χ0v) is 30.1. The molecule has 1 aliphatic heterocycles. The fourth-order valence-corrected chi connectivity index (χ4v) is 7.08. The number of ether oxygens (including phenoxy) is 2. The predicted octanol–water partition coefficient (Wildman–Crippen LogP) is 7.41. The fraction of sp³-hybridized carbons (Fsp3) is 0.129.